The van der Waals surface area contributed by atoms with Crippen molar-refractivity contribution >= 4 is 17.3 Å². The Morgan fingerprint density at radius 2 is 2.03 bits per heavy atom. The van der Waals surface area contributed by atoms with Crippen molar-refractivity contribution in [2.75, 3.05) is 25.4 Å². The van der Waals surface area contributed by atoms with Crippen LogP contribution in [0.1, 0.15) is 24.0 Å². The summed E-state index contributed by atoms with van der Waals surface area (Å²) in [5.41, 5.74) is 2.02. The molecule has 0 saturated heterocycles. The van der Waals surface area contributed by atoms with Crippen LogP contribution in [-0.4, -0.2) is 50.0 Å². The van der Waals surface area contributed by atoms with E-state index in [1.165, 1.54) is 12.1 Å². The first-order chi connectivity index (χ1) is 14.9. The van der Waals surface area contributed by atoms with E-state index in [1.54, 1.807) is 17.8 Å². The van der Waals surface area contributed by atoms with E-state index in [2.05, 4.69) is 26.2 Å². The number of alkyl halides is 3. The predicted molar refractivity (Wildman–Crippen MR) is 117 cm³/mol. The average Bonchev–Trinajstić information content (AvgIpc) is 3.41. The van der Waals surface area contributed by atoms with Crippen LogP contribution < -0.4 is 0 Å². The molecule has 0 atom stereocenters. The molecule has 5 nitrogen and oxygen atoms in total. The van der Waals surface area contributed by atoms with E-state index in [0.717, 1.165) is 66.5 Å². The third-order valence-electron chi connectivity index (χ3n) is 5.38. The quantitative estimate of drug-likeness (QED) is 0.404. The lowest BCUT2D eigenvalue weighted by Crippen LogP contribution is -2.29. The molecule has 1 aliphatic heterocycles. The van der Waals surface area contributed by atoms with Crippen molar-refractivity contribution in [1.29, 1.82) is 0 Å². The Kier molecular flexibility index (Phi) is 6.52. The van der Waals surface area contributed by atoms with Gasteiger partial charge in [-0.05, 0) is 54.8 Å². The maximum atomic E-state index is 12.9. The molecule has 1 aliphatic rings. The molecule has 0 unspecified atom stereocenters. The van der Waals surface area contributed by atoms with Crippen LogP contribution in [0.15, 0.2) is 53.8 Å². The summed E-state index contributed by atoms with van der Waals surface area (Å²) in [6.07, 6.45) is 1.37. The minimum Gasteiger partial charge on any atom is -0.359 e. The Bertz CT molecular complexity index is 1040. The van der Waals surface area contributed by atoms with Crippen LogP contribution in [0.25, 0.3) is 17.1 Å². The lowest BCUT2D eigenvalue weighted by molar-refractivity contribution is -0.137. The number of hydrogen-bond acceptors (Lipinski definition) is 4. The van der Waals surface area contributed by atoms with Crippen molar-refractivity contribution in [3.8, 4) is 11.5 Å². The fraction of sp³-hybridized carbons (Fsp3) is 0.364. The summed E-state index contributed by atoms with van der Waals surface area (Å²) < 4.78 is 40.8. The third-order valence-corrected chi connectivity index (χ3v) is 6.48. The highest BCUT2D eigenvalue weighted by atomic mass is 32.2. The molecule has 9 heteroatoms. The molecule has 3 heterocycles. The van der Waals surface area contributed by atoms with Gasteiger partial charge in [0.25, 0.3) is 0 Å². The van der Waals surface area contributed by atoms with Crippen molar-refractivity contribution in [2.45, 2.75) is 24.2 Å². The zero-order valence-electron chi connectivity index (χ0n) is 17.2. The van der Waals surface area contributed by atoms with Crippen molar-refractivity contribution in [1.82, 2.24) is 24.6 Å². The van der Waals surface area contributed by atoms with Crippen LogP contribution in [0.2, 0.25) is 0 Å². The molecule has 31 heavy (non-hydrogen) atoms. The van der Waals surface area contributed by atoms with Crippen LogP contribution in [-0.2, 0) is 13.2 Å². The molecule has 2 aromatic heterocycles. The summed E-state index contributed by atoms with van der Waals surface area (Å²) in [6.45, 7) is 2.56. The summed E-state index contributed by atoms with van der Waals surface area (Å²) in [6, 6.07) is 9.51. The number of aromatic nitrogens is 4. The van der Waals surface area contributed by atoms with E-state index in [9.17, 15) is 13.2 Å². The van der Waals surface area contributed by atoms with E-state index in [4.69, 9.17) is 0 Å². The highest BCUT2D eigenvalue weighted by molar-refractivity contribution is 7.99. The minimum absolute atomic E-state index is 0.589. The zero-order chi connectivity index (χ0) is 21.8. The van der Waals surface area contributed by atoms with Crippen molar-refractivity contribution in [3.63, 3.8) is 0 Å². The summed E-state index contributed by atoms with van der Waals surface area (Å²) >= 11 is 1.68. The Hall–Kier alpha value is -2.52. The highest BCUT2D eigenvalue weighted by Crippen LogP contribution is 2.32. The molecule has 0 bridgehead atoms. The zero-order valence-corrected chi connectivity index (χ0v) is 18.0. The second-order valence-corrected chi connectivity index (χ2v) is 8.57. The minimum atomic E-state index is -4.31. The Balaban J connectivity index is 1.25. The number of nitrogens with one attached hydrogen (secondary N) is 1. The molecule has 3 aromatic rings. The second-order valence-electron chi connectivity index (χ2n) is 7.51. The van der Waals surface area contributed by atoms with Crippen LogP contribution >= 0.6 is 11.8 Å². The number of nitrogens with zero attached hydrogens (tertiary/aromatic N) is 4. The average molecular weight is 448 g/mol. The molecule has 0 fully saturated rings. The number of H-pyrrole nitrogens is 1. The molecule has 4 rings (SSSR count). The number of halogens is 3. The summed E-state index contributed by atoms with van der Waals surface area (Å²) in [4.78, 5) is 5.48. The van der Waals surface area contributed by atoms with Gasteiger partial charge >= 0.3 is 6.18 Å². The lowest BCUT2D eigenvalue weighted by atomic mass is 9.97. The van der Waals surface area contributed by atoms with Gasteiger partial charge in [0.05, 0.1) is 11.3 Å². The first-order valence-electron chi connectivity index (χ1n) is 10.2. The lowest BCUT2D eigenvalue weighted by Gasteiger charge is -2.26. The smallest absolute Gasteiger partial charge is 0.359 e. The van der Waals surface area contributed by atoms with Gasteiger partial charge in [-0.3, -0.25) is 4.90 Å². The van der Waals surface area contributed by atoms with Gasteiger partial charge in [-0.25, -0.2) is 0 Å². The first-order valence-corrected chi connectivity index (χ1v) is 11.2. The topological polar surface area (TPSA) is 49.7 Å². The first kappa shape index (κ1) is 21.7. The van der Waals surface area contributed by atoms with Gasteiger partial charge in [0.2, 0.25) is 0 Å². The standard InChI is InChI=1S/C22H24F3N5S/c1-29-20(19-7-3-10-26-19)27-28-21(29)31-14-4-11-30-12-8-16(9-13-30)17-5-2-6-18(15-17)22(23,24)25/h2-3,5-8,10,15,26H,4,9,11-14H2,1H3. The fourth-order valence-corrected chi connectivity index (χ4v) is 4.50. The van der Waals surface area contributed by atoms with Gasteiger partial charge in [0.15, 0.2) is 11.0 Å². The van der Waals surface area contributed by atoms with E-state index in [1.807, 2.05) is 29.9 Å². The normalized spacial score (nSPS) is 15.3. The van der Waals surface area contributed by atoms with Crippen molar-refractivity contribution in [3.05, 3.63) is 59.8 Å². The van der Waals surface area contributed by atoms with E-state index >= 15 is 0 Å². The van der Waals surface area contributed by atoms with Gasteiger partial charge in [0.1, 0.15) is 0 Å². The summed E-state index contributed by atoms with van der Waals surface area (Å²) in [5.74, 6) is 1.74. The Labute approximate surface area is 183 Å². The fourth-order valence-electron chi connectivity index (χ4n) is 3.67. The maximum Gasteiger partial charge on any atom is 0.416 e. The summed E-state index contributed by atoms with van der Waals surface area (Å²) in [7, 11) is 1.96. The highest BCUT2D eigenvalue weighted by Gasteiger charge is 2.30. The van der Waals surface area contributed by atoms with E-state index < -0.39 is 11.7 Å². The second kappa shape index (κ2) is 9.32. The molecule has 0 radical (unpaired) electrons. The third kappa shape index (κ3) is 5.22. The number of rotatable bonds is 7. The molecule has 164 valence electrons. The van der Waals surface area contributed by atoms with Crippen LogP contribution in [0.4, 0.5) is 13.2 Å². The van der Waals surface area contributed by atoms with E-state index in [0.29, 0.717) is 5.56 Å². The monoisotopic (exact) mass is 447 g/mol. The SMILES string of the molecule is Cn1c(SCCCN2CC=C(c3cccc(C(F)(F)F)c3)CC2)nnc1-c1ccc[nH]1. The van der Waals surface area contributed by atoms with Gasteiger partial charge in [0, 0.05) is 32.1 Å². The van der Waals surface area contributed by atoms with Gasteiger partial charge in [-0.15, -0.1) is 10.2 Å². The number of benzene rings is 1. The number of thioether (sulfide) groups is 1. The van der Waals surface area contributed by atoms with Crippen molar-refractivity contribution in [2.24, 2.45) is 7.05 Å². The molecule has 0 spiro atoms. The van der Waals surface area contributed by atoms with Gasteiger partial charge < -0.3 is 9.55 Å². The van der Waals surface area contributed by atoms with Crippen LogP contribution in [0.3, 0.4) is 0 Å². The van der Waals surface area contributed by atoms with Crippen LogP contribution in [0, 0.1) is 0 Å². The van der Waals surface area contributed by atoms with Crippen molar-refractivity contribution < 1.29 is 13.2 Å². The molecular weight excluding hydrogens is 423 g/mol. The van der Waals surface area contributed by atoms with E-state index in [-0.39, 0.29) is 0 Å². The largest absolute Gasteiger partial charge is 0.416 e. The molecular formula is C22H24F3N5S. The Morgan fingerprint density at radius 1 is 1.16 bits per heavy atom. The maximum absolute atomic E-state index is 12.9. The number of aromatic amines is 1. The number of hydrogen-bond donors (Lipinski definition) is 1. The molecule has 1 N–H and O–H groups in total. The summed E-state index contributed by atoms with van der Waals surface area (Å²) in [5, 5.41) is 9.42. The molecule has 0 saturated carbocycles. The Morgan fingerprint density at radius 3 is 2.74 bits per heavy atom. The molecule has 0 amide bonds. The molecule has 1 aromatic carbocycles. The predicted octanol–water partition coefficient (Wildman–Crippen LogP) is 5.10. The van der Waals surface area contributed by atoms with Crippen LogP contribution in [0.5, 0.6) is 0 Å². The van der Waals surface area contributed by atoms with Gasteiger partial charge in [-0.2, -0.15) is 13.2 Å². The van der Waals surface area contributed by atoms with Gasteiger partial charge in [-0.1, -0.05) is 30.0 Å². The molecule has 0 aliphatic carbocycles.